The highest BCUT2D eigenvalue weighted by Gasteiger charge is 2.38. The molecule has 5 nitrogen and oxygen atoms in total. The Morgan fingerprint density at radius 2 is 1.79 bits per heavy atom. The van der Waals surface area contributed by atoms with Crippen molar-refractivity contribution >= 4 is 17.5 Å². The summed E-state index contributed by atoms with van der Waals surface area (Å²) in [4.78, 5) is 28.6. The van der Waals surface area contributed by atoms with E-state index in [1.165, 1.54) is 24.9 Å². The van der Waals surface area contributed by atoms with Crippen LogP contribution in [0.15, 0.2) is 24.3 Å². The molecule has 1 aromatic rings. The standard InChI is InChI=1S/C19H25N3O2/c23-18-12-15-8-11-22(13-17(15)20-18)19(24)14-4-6-16(7-5-14)21-9-2-1-3-10-21/h4-7,15,17H,1-3,8-13H2,(H,20,23)/t15-,17-/m1/s1. The summed E-state index contributed by atoms with van der Waals surface area (Å²) in [6.07, 6.45) is 5.37. The molecule has 0 unspecified atom stereocenters. The van der Waals surface area contributed by atoms with Crippen LogP contribution in [0.25, 0.3) is 0 Å². The van der Waals surface area contributed by atoms with Gasteiger partial charge in [-0.1, -0.05) is 0 Å². The number of hydrogen-bond acceptors (Lipinski definition) is 3. The van der Waals surface area contributed by atoms with Crippen molar-refractivity contribution in [1.29, 1.82) is 0 Å². The maximum atomic E-state index is 12.8. The van der Waals surface area contributed by atoms with Gasteiger partial charge in [0, 0.05) is 49.9 Å². The number of carbonyl (C=O) groups is 2. The minimum Gasteiger partial charge on any atom is -0.372 e. The molecule has 2 atom stereocenters. The van der Waals surface area contributed by atoms with Crippen LogP contribution >= 0.6 is 0 Å². The third kappa shape index (κ3) is 2.99. The first kappa shape index (κ1) is 15.5. The van der Waals surface area contributed by atoms with Crippen molar-refractivity contribution in [2.45, 2.75) is 38.1 Å². The highest BCUT2D eigenvalue weighted by atomic mass is 16.2. The van der Waals surface area contributed by atoms with E-state index in [0.29, 0.717) is 18.9 Å². The Labute approximate surface area is 143 Å². The van der Waals surface area contributed by atoms with Crippen molar-refractivity contribution in [2.24, 2.45) is 5.92 Å². The Bertz CT molecular complexity index is 622. The molecule has 0 spiro atoms. The maximum Gasteiger partial charge on any atom is 0.253 e. The van der Waals surface area contributed by atoms with Crippen LogP contribution in [0.4, 0.5) is 5.69 Å². The summed E-state index contributed by atoms with van der Waals surface area (Å²) in [6, 6.07) is 8.19. The fraction of sp³-hybridized carbons (Fsp3) is 0.579. The van der Waals surface area contributed by atoms with E-state index in [2.05, 4.69) is 22.3 Å². The van der Waals surface area contributed by atoms with E-state index < -0.39 is 0 Å². The van der Waals surface area contributed by atoms with Gasteiger partial charge in [0.2, 0.25) is 5.91 Å². The topological polar surface area (TPSA) is 52.7 Å². The molecule has 4 rings (SSSR count). The van der Waals surface area contributed by atoms with Crippen molar-refractivity contribution in [3.05, 3.63) is 29.8 Å². The summed E-state index contributed by atoms with van der Waals surface area (Å²) < 4.78 is 0. The van der Waals surface area contributed by atoms with Crippen LogP contribution in [0, 0.1) is 5.92 Å². The predicted molar refractivity (Wildman–Crippen MR) is 93.1 cm³/mol. The second-order valence-electron chi connectivity index (χ2n) is 7.27. The third-order valence-corrected chi connectivity index (χ3v) is 5.67. The first-order valence-corrected chi connectivity index (χ1v) is 9.14. The average Bonchev–Trinajstić information content (AvgIpc) is 3.01. The van der Waals surface area contributed by atoms with Crippen molar-refractivity contribution in [3.8, 4) is 0 Å². The fourth-order valence-corrected chi connectivity index (χ4v) is 4.25. The molecule has 128 valence electrons. The lowest BCUT2D eigenvalue weighted by atomic mass is 9.92. The van der Waals surface area contributed by atoms with Crippen molar-refractivity contribution < 1.29 is 9.59 Å². The van der Waals surface area contributed by atoms with E-state index in [-0.39, 0.29) is 17.9 Å². The average molecular weight is 327 g/mol. The number of likely N-dealkylation sites (tertiary alicyclic amines) is 1. The molecule has 24 heavy (non-hydrogen) atoms. The summed E-state index contributed by atoms with van der Waals surface area (Å²) in [5.41, 5.74) is 1.96. The van der Waals surface area contributed by atoms with Crippen molar-refractivity contribution in [1.82, 2.24) is 10.2 Å². The molecular formula is C19H25N3O2. The number of carbonyl (C=O) groups excluding carboxylic acids is 2. The van der Waals surface area contributed by atoms with Gasteiger partial charge in [-0.25, -0.2) is 0 Å². The molecule has 0 radical (unpaired) electrons. The number of piperidine rings is 2. The molecule has 3 aliphatic rings. The zero-order valence-corrected chi connectivity index (χ0v) is 14.0. The zero-order chi connectivity index (χ0) is 16.5. The number of benzene rings is 1. The van der Waals surface area contributed by atoms with E-state index in [1.54, 1.807) is 0 Å². The predicted octanol–water partition coefficient (Wildman–Crippen LogP) is 2.03. The highest BCUT2D eigenvalue weighted by Crippen LogP contribution is 2.27. The molecule has 3 saturated heterocycles. The molecule has 3 fully saturated rings. The van der Waals surface area contributed by atoms with Gasteiger partial charge in [-0.3, -0.25) is 9.59 Å². The number of fused-ring (bicyclic) bond motifs is 1. The number of hydrogen-bond donors (Lipinski definition) is 1. The van der Waals surface area contributed by atoms with Crippen LogP contribution in [0.1, 0.15) is 42.5 Å². The lowest BCUT2D eigenvalue weighted by Crippen LogP contribution is -2.49. The third-order valence-electron chi connectivity index (χ3n) is 5.67. The highest BCUT2D eigenvalue weighted by molar-refractivity contribution is 5.94. The second-order valence-corrected chi connectivity index (χ2v) is 7.27. The molecule has 0 saturated carbocycles. The number of amides is 2. The van der Waals surface area contributed by atoms with Gasteiger partial charge in [0.1, 0.15) is 0 Å². The van der Waals surface area contributed by atoms with Crippen LogP contribution in [-0.2, 0) is 4.79 Å². The minimum absolute atomic E-state index is 0.0831. The van der Waals surface area contributed by atoms with E-state index in [9.17, 15) is 9.59 Å². The Balaban J connectivity index is 1.42. The van der Waals surface area contributed by atoms with Gasteiger partial charge >= 0.3 is 0 Å². The lowest BCUT2D eigenvalue weighted by Gasteiger charge is -2.34. The fourth-order valence-electron chi connectivity index (χ4n) is 4.25. The molecular weight excluding hydrogens is 302 g/mol. The SMILES string of the molecule is O=C1C[C@H]2CCN(C(=O)c3ccc(N4CCCCC4)cc3)C[C@H]2N1. The minimum atomic E-state index is 0.0831. The van der Waals surface area contributed by atoms with Gasteiger partial charge in [-0.05, 0) is 55.9 Å². The van der Waals surface area contributed by atoms with Crippen LogP contribution in [0.5, 0.6) is 0 Å². The molecule has 0 aliphatic carbocycles. The Morgan fingerprint density at radius 1 is 1.04 bits per heavy atom. The summed E-state index contributed by atoms with van der Waals surface area (Å²) in [5.74, 6) is 0.619. The van der Waals surface area contributed by atoms with Gasteiger partial charge < -0.3 is 15.1 Å². The van der Waals surface area contributed by atoms with Crippen molar-refractivity contribution in [3.63, 3.8) is 0 Å². The van der Waals surface area contributed by atoms with Crippen LogP contribution in [0.2, 0.25) is 0 Å². The van der Waals surface area contributed by atoms with Gasteiger partial charge in [0.15, 0.2) is 0 Å². The molecule has 3 heterocycles. The molecule has 0 bridgehead atoms. The van der Waals surface area contributed by atoms with Gasteiger partial charge in [0.25, 0.3) is 5.91 Å². The zero-order valence-electron chi connectivity index (χ0n) is 14.0. The lowest BCUT2D eigenvalue weighted by molar-refractivity contribution is -0.119. The Hall–Kier alpha value is -2.04. The van der Waals surface area contributed by atoms with E-state index >= 15 is 0 Å². The van der Waals surface area contributed by atoms with Crippen LogP contribution in [0.3, 0.4) is 0 Å². The summed E-state index contributed by atoms with van der Waals surface area (Å²) in [6.45, 7) is 3.62. The molecule has 3 aliphatic heterocycles. The normalized spacial score (nSPS) is 26.9. The quantitative estimate of drug-likeness (QED) is 0.904. The summed E-state index contributed by atoms with van der Waals surface area (Å²) in [5, 5.41) is 3.00. The van der Waals surface area contributed by atoms with E-state index in [4.69, 9.17) is 0 Å². The monoisotopic (exact) mass is 327 g/mol. The number of anilines is 1. The van der Waals surface area contributed by atoms with Crippen LogP contribution < -0.4 is 10.2 Å². The number of nitrogens with zero attached hydrogens (tertiary/aromatic N) is 2. The Kier molecular flexibility index (Phi) is 4.17. The number of rotatable bonds is 2. The molecule has 1 aromatic carbocycles. The Morgan fingerprint density at radius 3 is 2.54 bits per heavy atom. The number of nitrogens with one attached hydrogen (secondary N) is 1. The van der Waals surface area contributed by atoms with Gasteiger partial charge in [-0.15, -0.1) is 0 Å². The van der Waals surface area contributed by atoms with Crippen LogP contribution in [-0.4, -0.2) is 48.9 Å². The first-order valence-electron chi connectivity index (χ1n) is 9.14. The van der Waals surface area contributed by atoms with E-state index in [0.717, 1.165) is 31.6 Å². The van der Waals surface area contributed by atoms with Crippen molar-refractivity contribution in [2.75, 3.05) is 31.1 Å². The molecule has 1 N–H and O–H groups in total. The molecule has 0 aromatic heterocycles. The maximum absolute atomic E-state index is 12.8. The van der Waals surface area contributed by atoms with Gasteiger partial charge in [0.05, 0.1) is 0 Å². The molecule has 2 amide bonds. The summed E-state index contributed by atoms with van der Waals surface area (Å²) in [7, 11) is 0. The summed E-state index contributed by atoms with van der Waals surface area (Å²) >= 11 is 0. The second kappa shape index (κ2) is 6.46. The molecule has 5 heteroatoms. The first-order chi connectivity index (χ1) is 11.7. The largest absolute Gasteiger partial charge is 0.372 e. The smallest absolute Gasteiger partial charge is 0.253 e. The van der Waals surface area contributed by atoms with E-state index in [1.807, 2.05) is 17.0 Å². The van der Waals surface area contributed by atoms with Gasteiger partial charge in [-0.2, -0.15) is 0 Å².